The summed E-state index contributed by atoms with van der Waals surface area (Å²) in [6.45, 7) is 4.48. The van der Waals surface area contributed by atoms with E-state index in [1.165, 1.54) is 0 Å². The number of carboxylic acids is 1. The van der Waals surface area contributed by atoms with E-state index in [1.807, 2.05) is 12.1 Å². The van der Waals surface area contributed by atoms with E-state index in [0.717, 1.165) is 37.5 Å². The van der Waals surface area contributed by atoms with Crippen molar-refractivity contribution in [3.8, 4) is 0 Å². The van der Waals surface area contributed by atoms with Gasteiger partial charge in [-0.25, -0.2) is 4.79 Å². The van der Waals surface area contributed by atoms with E-state index >= 15 is 0 Å². The highest BCUT2D eigenvalue weighted by Gasteiger charge is 2.27. The van der Waals surface area contributed by atoms with Crippen LogP contribution in [-0.2, 0) is 6.54 Å². The predicted octanol–water partition coefficient (Wildman–Crippen LogP) is 2.07. The molecule has 110 valence electrons. The molecule has 1 aromatic heterocycles. The maximum atomic E-state index is 10.8. The van der Waals surface area contributed by atoms with Gasteiger partial charge in [-0.05, 0) is 30.7 Å². The number of benzene rings is 1. The van der Waals surface area contributed by atoms with Crippen LogP contribution in [0.5, 0.6) is 0 Å². The van der Waals surface area contributed by atoms with Crippen molar-refractivity contribution in [3.63, 3.8) is 0 Å². The summed E-state index contributed by atoms with van der Waals surface area (Å²) in [6.07, 6.45) is 1.01. The molecule has 0 bridgehead atoms. The number of rotatable bonds is 4. The maximum Gasteiger partial charge on any atom is 0.335 e. The second kappa shape index (κ2) is 5.65. The van der Waals surface area contributed by atoms with Crippen molar-refractivity contribution in [2.24, 2.45) is 0 Å². The highest BCUT2D eigenvalue weighted by Crippen LogP contribution is 2.27. The second-order valence-electron chi connectivity index (χ2n) is 5.38. The minimum Gasteiger partial charge on any atom is -0.478 e. The van der Waals surface area contributed by atoms with E-state index in [4.69, 9.17) is 9.52 Å². The Morgan fingerprint density at radius 2 is 2.14 bits per heavy atom. The molecule has 6 nitrogen and oxygen atoms in total. The lowest BCUT2D eigenvalue weighted by molar-refractivity contribution is 0.0697. The molecule has 21 heavy (non-hydrogen) atoms. The molecule has 0 amide bonds. The molecule has 1 unspecified atom stereocenters. The molecule has 0 aliphatic carbocycles. The predicted molar refractivity (Wildman–Crippen MR) is 75.1 cm³/mol. The zero-order chi connectivity index (χ0) is 14.8. The Bertz CT molecular complexity index is 636. The first-order chi connectivity index (χ1) is 10.1. The van der Waals surface area contributed by atoms with E-state index in [0.29, 0.717) is 17.4 Å². The van der Waals surface area contributed by atoms with Crippen molar-refractivity contribution in [1.82, 2.24) is 15.1 Å². The molecule has 0 spiro atoms. The van der Waals surface area contributed by atoms with Gasteiger partial charge in [0.15, 0.2) is 0 Å². The SMILES string of the molecule is Cc1nnc(C2CCN(Cc3ccc(C(=O)O)cc3)C2)o1. The van der Waals surface area contributed by atoms with Crippen LogP contribution in [0.15, 0.2) is 28.7 Å². The van der Waals surface area contributed by atoms with Gasteiger partial charge in [0, 0.05) is 20.0 Å². The Hall–Kier alpha value is -2.21. The number of hydrogen-bond donors (Lipinski definition) is 1. The molecule has 2 heterocycles. The summed E-state index contributed by atoms with van der Waals surface area (Å²) >= 11 is 0. The van der Waals surface area contributed by atoms with Gasteiger partial charge in [-0.1, -0.05) is 12.1 Å². The molecule has 1 saturated heterocycles. The Kier molecular flexibility index (Phi) is 3.70. The normalized spacial score (nSPS) is 19.0. The molecule has 0 saturated carbocycles. The van der Waals surface area contributed by atoms with Crippen LogP contribution in [-0.4, -0.2) is 39.3 Å². The lowest BCUT2D eigenvalue weighted by Crippen LogP contribution is -2.19. The van der Waals surface area contributed by atoms with Gasteiger partial charge in [-0.15, -0.1) is 10.2 Å². The first-order valence-electron chi connectivity index (χ1n) is 6.96. The third-order valence-corrected chi connectivity index (χ3v) is 3.77. The smallest absolute Gasteiger partial charge is 0.335 e. The van der Waals surface area contributed by atoms with Crippen LogP contribution in [0, 0.1) is 6.92 Å². The van der Waals surface area contributed by atoms with Gasteiger partial charge in [0.1, 0.15) is 0 Å². The third kappa shape index (κ3) is 3.11. The number of carbonyl (C=O) groups is 1. The Balaban J connectivity index is 1.60. The van der Waals surface area contributed by atoms with E-state index in [1.54, 1.807) is 19.1 Å². The highest BCUT2D eigenvalue weighted by atomic mass is 16.4. The topological polar surface area (TPSA) is 79.5 Å². The van der Waals surface area contributed by atoms with Crippen LogP contribution < -0.4 is 0 Å². The first-order valence-corrected chi connectivity index (χ1v) is 6.96. The molecule has 3 rings (SSSR count). The summed E-state index contributed by atoms with van der Waals surface area (Å²) in [4.78, 5) is 13.1. The number of nitrogens with zero attached hydrogens (tertiary/aromatic N) is 3. The molecule has 0 radical (unpaired) electrons. The van der Waals surface area contributed by atoms with Crippen LogP contribution in [0.2, 0.25) is 0 Å². The van der Waals surface area contributed by atoms with Crippen molar-refractivity contribution in [2.45, 2.75) is 25.8 Å². The second-order valence-corrected chi connectivity index (χ2v) is 5.38. The third-order valence-electron chi connectivity index (χ3n) is 3.77. The minimum atomic E-state index is -0.894. The molecule has 1 aliphatic rings. The Morgan fingerprint density at radius 1 is 1.38 bits per heavy atom. The van der Waals surface area contributed by atoms with Crippen LogP contribution in [0.25, 0.3) is 0 Å². The lowest BCUT2D eigenvalue weighted by Gasteiger charge is -2.15. The van der Waals surface area contributed by atoms with Gasteiger partial charge in [-0.3, -0.25) is 4.90 Å². The molecule has 6 heteroatoms. The summed E-state index contributed by atoms with van der Waals surface area (Å²) in [6, 6.07) is 7.03. The fourth-order valence-corrected chi connectivity index (χ4v) is 2.67. The molecule has 1 aromatic carbocycles. The summed E-state index contributed by atoms with van der Waals surface area (Å²) < 4.78 is 5.49. The average molecular weight is 287 g/mol. The number of aryl methyl sites for hydroxylation is 1. The van der Waals surface area contributed by atoms with E-state index in [9.17, 15) is 4.79 Å². The van der Waals surface area contributed by atoms with Crippen LogP contribution in [0.4, 0.5) is 0 Å². The maximum absolute atomic E-state index is 10.8. The van der Waals surface area contributed by atoms with Crippen LogP contribution >= 0.6 is 0 Å². The van der Waals surface area contributed by atoms with Crippen molar-refractivity contribution in [1.29, 1.82) is 0 Å². The summed E-state index contributed by atoms with van der Waals surface area (Å²) in [7, 11) is 0. The van der Waals surface area contributed by atoms with E-state index < -0.39 is 5.97 Å². The Labute approximate surface area is 122 Å². The van der Waals surface area contributed by atoms with Crippen molar-refractivity contribution in [2.75, 3.05) is 13.1 Å². The van der Waals surface area contributed by atoms with Gasteiger partial charge in [0.2, 0.25) is 11.8 Å². The number of aromatic carboxylic acids is 1. The standard InChI is InChI=1S/C15H17N3O3/c1-10-16-17-14(21-10)13-6-7-18(9-13)8-11-2-4-12(5-3-11)15(19)20/h2-5,13H,6-9H2,1H3,(H,19,20). The number of aromatic nitrogens is 2. The number of hydrogen-bond acceptors (Lipinski definition) is 5. The molecule has 1 fully saturated rings. The molecule has 1 atom stereocenters. The largest absolute Gasteiger partial charge is 0.478 e. The minimum absolute atomic E-state index is 0.296. The van der Waals surface area contributed by atoms with Gasteiger partial charge >= 0.3 is 5.97 Å². The van der Waals surface area contributed by atoms with Crippen molar-refractivity contribution in [3.05, 3.63) is 47.2 Å². The average Bonchev–Trinajstić information content (AvgIpc) is 3.08. The van der Waals surface area contributed by atoms with Crippen LogP contribution in [0.1, 0.15) is 40.0 Å². The monoisotopic (exact) mass is 287 g/mol. The van der Waals surface area contributed by atoms with Crippen molar-refractivity contribution >= 4 is 5.97 Å². The summed E-state index contributed by atoms with van der Waals surface area (Å²) in [5.41, 5.74) is 1.43. The fourth-order valence-electron chi connectivity index (χ4n) is 2.67. The number of carboxylic acid groups (broad SMARTS) is 1. The van der Waals surface area contributed by atoms with E-state index in [-0.39, 0.29) is 0 Å². The summed E-state index contributed by atoms with van der Waals surface area (Å²) in [5.74, 6) is 0.725. The van der Waals surface area contributed by atoms with Crippen LogP contribution in [0.3, 0.4) is 0 Å². The Morgan fingerprint density at radius 3 is 2.76 bits per heavy atom. The number of likely N-dealkylation sites (tertiary alicyclic amines) is 1. The quantitative estimate of drug-likeness (QED) is 0.927. The molecular weight excluding hydrogens is 270 g/mol. The van der Waals surface area contributed by atoms with Gasteiger partial charge in [0.25, 0.3) is 0 Å². The van der Waals surface area contributed by atoms with Gasteiger partial charge in [-0.2, -0.15) is 0 Å². The highest BCUT2D eigenvalue weighted by molar-refractivity contribution is 5.87. The van der Waals surface area contributed by atoms with E-state index in [2.05, 4.69) is 15.1 Å². The lowest BCUT2D eigenvalue weighted by atomic mass is 10.1. The van der Waals surface area contributed by atoms with Gasteiger partial charge in [0.05, 0.1) is 11.5 Å². The molecule has 1 N–H and O–H groups in total. The van der Waals surface area contributed by atoms with Crippen molar-refractivity contribution < 1.29 is 14.3 Å². The molecule has 2 aromatic rings. The first kappa shape index (κ1) is 13.8. The molecular formula is C15H17N3O3. The summed E-state index contributed by atoms with van der Waals surface area (Å²) in [5, 5.41) is 16.9. The van der Waals surface area contributed by atoms with Gasteiger partial charge < -0.3 is 9.52 Å². The zero-order valence-corrected chi connectivity index (χ0v) is 11.8. The zero-order valence-electron chi connectivity index (χ0n) is 11.8. The molecule has 1 aliphatic heterocycles. The fraction of sp³-hybridized carbons (Fsp3) is 0.400.